The monoisotopic (exact) mass is 344 g/mol. The number of hydrogen-bond donors (Lipinski definition) is 2. The van der Waals surface area contributed by atoms with Crippen LogP contribution in [0.1, 0.15) is 22.3 Å². The Labute approximate surface area is 153 Å². The van der Waals surface area contributed by atoms with Crippen LogP contribution >= 0.6 is 0 Å². The van der Waals surface area contributed by atoms with E-state index in [-0.39, 0.29) is 6.61 Å². The largest absolute Gasteiger partial charge is 0.489 e. The smallest absolute Gasteiger partial charge is 0.120 e. The number of hydrogen-bond acceptors (Lipinski definition) is 4. The molecule has 0 radical (unpaired) electrons. The number of nitrogens with one attached hydrogen (secondary N) is 1. The summed E-state index contributed by atoms with van der Waals surface area (Å²) in [6, 6.07) is 25.2. The van der Waals surface area contributed by atoms with E-state index in [4.69, 9.17) is 10.00 Å². The van der Waals surface area contributed by atoms with Crippen molar-refractivity contribution >= 4 is 5.69 Å². The lowest BCUT2D eigenvalue weighted by Crippen LogP contribution is -2.03. The van der Waals surface area contributed by atoms with Crippen molar-refractivity contribution in [3.05, 3.63) is 95.1 Å². The van der Waals surface area contributed by atoms with Crippen LogP contribution < -0.4 is 10.1 Å². The fraction of sp³-hybridized carbons (Fsp3) is 0.136. The van der Waals surface area contributed by atoms with E-state index >= 15 is 0 Å². The van der Waals surface area contributed by atoms with Crippen molar-refractivity contribution in [1.29, 1.82) is 5.26 Å². The van der Waals surface area contributed by atoms with Gasteiger partial charge in [0.25, 0.3) is 0 Å². The normalized spacial score (nSPS) is 10.2. The average molecular weight is 344 g/mol. The number of para-hydroxylation sites is 1. The maximum atomic E-state index is 9.40. The lowest BCUT2D eigenvalue weighted by molar-refractivity contribution is 0.282. The van der Waals surface area contributed by atoms with Gasteiger partial charge in [0, 0.05) is 23.4 Å². The van der Waals surface area contributed by atoms with Gasteiger partial charge in [-0.1, -0.05) is 48.5 Å². The van der Waals surface area contributed by atoms with Gasteiger partial charge in [-0.15, -0.1) is 0 Å². The number of aliphatic hydroxyl groups excluding tert-OH is 1. The van der Waals surface area contributed by atoms with Crippen molar-refractivity contribution in [2.45, 2.75) is 19.8 Å². The van der Waals surface area contributed by atoms with Gasteiger partial charge < -0.3 is 15.2 Å². The summed E-state index contributed by atoms with van der Waals surface area (Å²) in [6.45, 7) is 0.988. The van der Waals surface area contributed by atoms with Gasteiger partial charge in [-0.2, -0.15) is 5.26 Å². The molecule has 0 amide bonds. The third-order valence-electron chi connectivity index (χ3n) is 4.10. The van der Waals surface area contributed by atoms with Crippen LogP contribution in [-0.4, -0.2) is 5.11 Å². The van der Waals surface area contributed by atoms with Gasteiger partial charge in [-0.25, -0.2) is 0 Å². The van der Waals surface area contributed by atoms with Crippen molar-refractivity contribution < 1.29 is 9.84 Å². The van der Waals surface area contributed by atoms with E-state index in [1.165, 1.54) is 0 Å². The minimum absolute atomic E-state index is 0.00459. The molecule has 0 fully saturated rings. The Balaban J connectivity index is 1.64. The van der Waals surface area contributed by atoms with Gasteiger partial charge >= 0.3 is 0 Å². The molecule has 0 atom stereocenters. The third kappa shape index (κ3) is 4.41. The van der Waals surface area contributed by atoms with E-state index in [1.807, 2.05) is 66.7 Å². The summed E-state index contributed by atoms with van der Waals surface area (Å²) in [4.78, 5) is 0. The summed E-state index contributed by atoms with van der Waals surface area (Å²) >= 11 is 0. The molecule has 2 N–H and O–H groups in total. The Morgan fingerprint density at radius 3 is 2.50 bits per heavy atom. The van der Waals surface area contributed by atoms with Crippen LogP contribution in [0.5, 0.6) is 5.75 Å². The maximum absolute atomic E-state index is 9.40. The zero-order chi connectivity index (χ0) is 18.2. The number of nitriles is 1. The first-order chi connectivity index (χ1) is 12.8. The number of aliphatic hydroxyl groups is 1. The predicted molar refractivity (Wildman–Crippen MR) is 102 cm³/mol. The highest BCUT2D eigenvalue weighted by atomic mass is 16.5. The number of ether oxygens (including phenoxy) is 1. The van der Waals surface area contributed by atoms with Crippen molar-refractivity contribution in [2.24, 2.45) is 0 Å². The highest BCUT2D eigenvalue weighted by Gasteiger charge is 2.04. The second-order valence-electron chi connectivity index (χ2n) is 5.87. The van der Waals surface area contributed by atoms with Crippen LogP contribution in [0.3, 0.4) is 0 Å². The molecule has 0 aliphatic rings. The zero-order valence-electron chi connectivity index (χ0n) is 14.4. The number of nitrogens with zero attached hydrogens (tertiary/aromatic N) is 1. The Kier molecular flexibility index (Phi) is 5.87. The topological polar surface area (TPSA) is 65.3 Å². The lowest BCUT2D eigenvalue weighted by atomic mass is 10.1. The molecule has 0 aliphatic heterocycles. The molecule has 0 aromatic heterocycles. The van der Waals surface area contributed by atoms with Crippen LogP contribution in [0.25, 0.3) is 0 Å². The van der Waals surface area contributed by atoms with Crippen molar-refractivity contribution in [2.75, 3.05) is 5.32 Å². The first kappa shape index (κ1) is 17.5. The molecule has 26 heavy (non-hydrogen) atoms. The molecule has 0 saturated heterocycles. The Hall–Kier alpha value is -3.29. The first-order valence-electron chi connectivity index (χ1n) is 8.42. The highest BCUT2D eigenvalue weighted by molar-refractivity contribution is 5.51. The van der Waals surface area contributed by atoms with Crippen LogP contribution in [0.15, 0.2) is 72.8 Å². The summed E-state index contributed by atoms with van der Waals surface area (Å²) in [5.41, 5.74) is 4.36. The first-order valence-corrected chi connectivity index (χ1v) is 8.42. The quantitative estimate of drug-likeness (QED) is 0.673. The number of benzene rings is 3. The molecular formula is C22H20N2O2. The molecule has 0 aliphatic carbocycles. The van der Waals surface area contributed by atoms with Crippen LogP contribution in [0, 0.1) is 11.3 Å². The predicted octanol–water partition coefficient (Wildman–Crippen LogP) is 4.24. The van der Waals surface area contributed by atoms with Crippen molar-refractivity contribution in [3.63, 3.8) is 0 Å². The van der Waals surface area contributed by atoms with E-state index in [0.717, 1.165) is 28.1 Å². The summed E-state index contributed by atoms with van der Waals surface area (Å²) in [6.07, 6.45) is 0. The average Bonchev–Trinajstić information content (AvgIpc) is 2.71. The van der Waals surface area contributed by atoms with E-state index in [1.54, 1.807) is 6.07 Å². The van der Waals surface area contributed by atoms with E-state index in [9.17, 15) is 5.11 Å². The number of anilines is 1. The minimum atomic E-state index is 0.00459. The Morgan fingerprint density at radius 2 is 1.69 bits per heavy atom. The molecule has 0 saturated carbocycles. The van der Waals surface area contributed by atoms with Gasteiger partial charge in [0.05, 0.1) is 18.2 Å². The second kappa shape index (κ2) is 8.70. The molecule has 0 unspecified atom stereocenters. The Morgan fingerprint density at radius 1 is 0.923 bits per heavy atom. The molecule has 3 aromatic carbocycles. The molecule has 3 aromatic rings. The summed E-state index contributed by atoms with van der Waals surface area (Å²) in [5.74, 6) is 0.757. The fourth-order valence-electron chi connectivity index (χ4n) is 2.69. The highest BCUT2D eigenvalue weighted by Crippen LogP contribution is 2.19. The van der Waals surface area contributed by atoms with Crippen molar-refractivity contribution in [1.82, 2.24) is 0 Å². The van der Waals surface area contributed by atoms with Gasteiger partial charge in [-0.05, 0) is 29.8 Å². The van der Waals surface area contributed by atoms with Gasteiger partial charge in [0.2, 0.25) is 0 Å². The zero-order valence-corrected chi connectivity index (χ0v) is 14.4. The number of rotatable bonds is 7. The molecule has 4 heteroatoms. The molecule has 0 bridgehead atoms. The van der Waals surface area contributed by atoms with Crippen LogP contribution in [-0.2, 0) is 19.8 Å². The van der Waals surface area contributed by atoms with Crippen LogP contribution in [0.2, 0.25) is 0 Å². The maximum Gasteiger partial charge on any atom is 0.120 e. The summed E-state index contributed by atoms with van der Waals surface area (Å²) in [7, 11) is 0. The van der Waals surface area contributed by atoms with Gasteiger partial charge in [0.1, 0.15) is 12.4 Å². The Bertz CT molecular complexity index is 916. The van der Waals surface area contributed by atoms with Gasteiger partial charge in [0.15, 0.2) is 0 Å². The molecule has 130 valence electrons. The standard InChI is InChI=1S/C22H20N2O2/c23-13-18-7-1-2-9-20(18)16-26-21-10-5-6-17(12-21)14-24-22-11-4-3-8-19(22)15-25/h1-12,24-25H,14-16H2. The van der Waals surface area contributed by atoms with Crippen LogP contribution in [0.4, 0.5) is 5.69 Å². The lowest BCUT2D eigenvalue weighted by Gasteiger charge is -2.12. The summed E-state index contributed by atoms with van der Waals surface area (Å²) < 4.78 is 5.85. The minimum Gasteiger partial charge on any atom is -0.489 e. The summed E-state index contributed by atoms with van der Waals surface area (Å²) in [5, 5.41) is 21.9. The molecular weight excluding hydrogens is 324 g/mol. The SMILES string of the molecule is N#Cc1ccccc1COc1cccc(CNc2ccccc2CO)c1. The molecule has 3 rings (SSSR count). The molecule has 4 nitrogen and oxygen atoms in total. The van der Waals surface area contributed by atoms with E-state index < -0.39 is 0 Å². The van der Waals surface area contributed by atoms with Gasteiger partial charge in [-0.3, -0.25) is 0 Å². The third-order valence-corrected chi connectivity index (χ3v) is 4.10. The molecule has 0 spiro atoms. The van der Waals surface area contributed by atoms with E-state index in [2.05, 4.69) is 11.4 Å². The second-order valence-corrected chi connectivity index (χ2v) is 5.87. The van der Waals surface area contributed by atoms with E-state index in [0.29, 0.717) is 18.7 Å². The molecule has 0 heterocycles. The van der Waals surface area contributed by atoms with Crippen molar-refractivity contribution in [3.8, 4) is 11.8 Å². The fourth-order valence-corrected chi connectivity index (χ4v) is 2.69.